The van der Waals surface area contributed by atoms with Crippen molar-refractivity contribution in [2.75, 3.05) is 32.1 Å². The minimum absolute atomic E-state index is 0.362. The van der Waals surface area contributed by atoms with Crippen LogP contribution in [0.5, 0.6) is 0 Å². The number of rotatable bonds is 1. The topological polar surface area (TPSA) is 68.2 Å². The number of aromatic nitrogens is 1. The molecule has 0 radical (unpaired) electrons. The van der Waals surface area contributed by atoms with Crippen molar-refractivity contribution >= 4 is 22.3 Å². The summed E-state index contributed by atoms with van der Waals surface area (Å²) in [5, 5.41) is 1.87. The third kappa shape index (κ3) is 2.53. The van der Waals surface area contributed by atoms with E-state index >= 15 is 0 Å². The summed E-state index contributed by atoms with van der Waals surface area (Å²) in [6.07, 6.45) is 1.72. The molecule has 0 aliphatic carbocycles. The Morgan fingerprint density at radius 2 is 2.06 bits per heavy atom. The highest BCUT2D eigenvalue weighted by Gasteiger charge is 2.03. The van der Waals surface area contributed by atoms with Gasteiger partial charge in [-0.1, -0.05) is 17.9 Å². The Bertz CT molecular complexity index is 635. The zero-order chi connectivity index (χ0) is 13.1. The van der Waals surface area contributed by atoms with Crippen molar-refractivity contribution in [3.63, 3.8) is 0 Å². The summed E-state index contributed by atoms with van der Waals surface area (Å²) in [6.45, 7) is 0.728. The van der Waals surface area contributed by atoms with Crippen LogP contribution in [0.25, 0.3) is 10.8 Å². The molecule has 1 aromatic heterocycles. The number of nitrogens with two attached hydrogens (primary N) is 2. The first-order valence-corrected chi connectivity index (χ1v) is 5.65. The summed E-state index contributed by atoms with van der Waals surface area (Å²) >= 11 is 0. The van der Waals surface area contributed by atoms with Crippen LogP contribution in [0.3, 0.4) is 0 Å². The summed E-state index contributed by atoms with van der Waals surface area (Å²) in [4.78, 5) is 6.05. The maximum Gasteiger partial charge on any atom is 0.147 e. The van der Waals surface area contributed by atoms with E-state index in [0.717, 1.165) is 22.9 Å². The lowest BCUT2D eigenvalue weighted by atomic mass is 10.1. The van der Waals surface area contributed by atoms with E-state index in [9.17, 15) is 0 Å². The van der Waals surface area contributed by atoms with E-state index in [0.29, 0.717) is 11.5 Å². The molecule has 18 heavy (non-hydrogen) atoms. The molecule has 4 heteroatoms. The predicted molar refractivity (Wildman–Crippen MR) is 76.0 cm³/mol. The number of nitrogen functional groups attached to an aromatic ring is 2. The van der Waals surface area contributed by atoms with Gasteiger partial charge in [0.2, 0.25) is 0 Å². The number of benzene rings is 1. The summed E-state index contributed by atoms with van der Waals surface area (Å²) in [7, 11) is 3.97. The standard InChI is InChI=1S/C14H16N4/c1-18(2)7-3-4-10-5-6-11-9-17-14(16)13(15)12(11)8-10/h5-6,8-9H,7,15H2,1-2H3,(H2,16,17). The van der Waals surface area contributed by atoms with E-state index in [2.05, 4.69) is 16.8 Å². The van der Waals surface area contributed by atoms with Gasteiger partial charge in [0.05, 0.1) is 12.2 Å². The molecule has 4 nitrogen and oxygen atoms in total. The Kier molecular flexibility index (Phi) is 3.35. The average Bonchev–Trinajstić information content (AvgIpc) is 2.34. The first-order valence-electron chi connectivity index (χ1n) is 5.65. The molecule has 0 saturated heterocycles. The van der Waals surface area contributed by atoms with Crippen LogP contribution in [-0.4, -0.2) is 30.5 Å². The van der Waals surface area contributed by atoms with E-state index in [1.807, 2.05) is 37.2 Å². The number of nitrogens with zero attached hydrogens (tertiary/aromatic N) is 2. The second kappa shape index (κ2) is 4.94. The van der Waals surface area contributed by atoms with Crippen LogP contribution in [0.2, 0.25) is 0 Å². The van der Waals surface area contributed by atoms with Gasteiger partial charge in [-0.05, 0) is 26.2 Å². The van der Waals surface area contributed by atoms with Crippen molar-refractivity contribution in [1.29, 1.82) is 0 Å². The maximum atomic E-state index is 5.92. The Morgan fingerprint density at radius 3 is 2.78 bits per heavy atom. The van der Waals surface area contributed by atoms with Gasteiger partial charge in [-0.3, -0.25) is 4.90 Å². The van der Waals surface area contributed by atoms with Crippen LogP contribution in [0, 0.1) is 11.8 Å². The molecule has 0 atom stereocenters. The van der Waals surface area contributed by atoms with Crippen LogP contribution < -0.4 is 11.5 Å². The summed E-state index contributed by atoms with van der Waals surface area (Å²) in [5.41, 5.74) is 13.1. The molecule has 0 spiro atoms. The molecule has 1 heterocycles. The molecule has 1 aromatic carbocycles. The van der Waals surface area contributed by atoms with Crippen LogP contribution in [0.4, 0.5) is 11.5 Å². The first-order chi connectivity index (χ1) is 8.58. The van der Waals surface area contributed by atoms with Crippen LogP contribution >= 0.6 is 0 Å². The summed E-state index contributed by atoms with van der Waals surface area (Å²) in [5.74, 6) is 6.56. The van der Waals surface area contributed by atoms with E-state index < -0.39 is 0 Å². The predicted octanol–water partition coefficient (Wildman–Crippen LogP) is 1.31. The molecule has 0 aliphatic heterocycles. The summed E-state index contributed by atoms with van der Waals surface area (Å²) in [6, 6.07) is 5.87. The number of hydrogen-bond acceptors (Lipinski definition) is 4. The normalized spacial score (nSPS) is 10.4. The lowest BCUT2D eigenvalue weighted by molar-refractivity contribution is 0.464. The minimum Gasteiger partial charge on any atom is -0.395 e. The van der Waals surface area contributed by atoms with Gasteiger partial charge < -0.3 is 11.5 Å². The Morgan fingerprint density at radius 1 is 1.28 bits per heavy atom. The quantitative estimate of drug-likeness (QED) is 0.737. The van der Waals surface area contributed by atoms with E-state index in [4.69, 9.17) is 11.5 Å². The highest BCUT2D eigenvalue weighted by Crippen LogP contribution is 2.25. The number of anilines is 2. The maximum absolute atomic E-state index is 5.92. The molecule has 92 valence electrons. The van der Waals surface area contributed by atoms with Gasteiger partial charge in [0.15, 0.2) is 0 Å². The fraction of sp³-hybridized carbons (Fsp3) is 0.214. The van der Waals surface area contributed by atoms with Gasteiger partial charge in [-0.15, -0.1) is 0 Å². The van der Waals surface area contributed by atoms with Gasteiger partial charge in [-0.2, -0.15) is 0 Å². The molecule has 0 aliphatic rings. The summed E-state index contributed by atoms with van der Waals surface area (Å²) < 4.78 is 0. The lowest BCUT2D eigenvalue weighted by Gasteiger charge is -2.05. The van der Waals surface area contributed by atoms with E-state index in [1.165, 1.54) is 0 Å². The van der Waals surface area contributed by atoms with Crippen molar-refractivity contribution in [2.24, 2.45) is 0 Å². The average molecular weight is 240 g/mol. The molecule has 0 saturated carbocycles. The Hall–Kier alpha value is -2.25. The first kappa shape index (κ1) is 12.2. The fourth-order valence-corrected chi connectivity index (χ4v) is 1.63. The third-order valence-electron chi connectivity index (χ3n) is 2.59. The van der Waals surface area contributed by atoms with Gasteiger partial charge >= 0.3 is 0 Å². The van der Waals surface area contributed by atoms with E-state index in [1.54, 1.807) is 6.20 Å². The zero-order valence-corrected chi connectivity index (χ0v) is 10.6. The molecule has 0 unspecified atom stereocenters. The second-order valence-corrected chi connectivity index (χ2v) is 4.40. The van der Waals surface area contributed by atoms with Crippen LogP contribution in [-0.2, 0) is 0 Å². The van der Waals surface area contributed by atoms with Crippen molar-refractivity contribution in [3.8, 4) is 11.8 Å². The molecule has 0 fully saturated rings. The highest BCUT2D eigenvalue weighted by molar-refractivity contribution is 5.97. The van der Waals surface area contributed by atoms with Gasteiger partial charge in [0.1, 0.15) is 5.82 Å². The molecular weight excluding hydrogens is 224 g/mol. The zero-order valence-electron chi connectivity index (χ0n) is 10.6. The molecule has 2 aromatic rings. The molecule has 2 rings (SSSR count). The largest absolute Gasteiger partial charge is 0.395 e. The van der Waals surface area contributed by atoms with Crippen molar-refractivity contribution < 1.29 is 0 Å². The third-order valence-corrected chi connectivity index (χ3v) is 2.59. The van der Waals surface area contributed by atoms with Gasteiger partial charge in [-0.25, -0.2) is 4.98 Å². The van der Waals surface area contributed by atoms with Crippen molar-refractivity contribution in [1.82, 2.24) is 9.88 Å². The smallest absolute Gasteiger partial charge is 0.147 e. The van der Waals surface area contributed by atoms with Crippen LogP contribution in [0.15, 0.2) is 24.4 Å². The SMILES string of the molecule is CN(C)CC#Cc1ccc2cnc(N)c(N)c2c1. The van der Waals surface area contributed by atoms with Gasteiger partial charge in [0, 0.05) is 22.5 Å². The number of pyridine rings is 1. The van der Waals surface area contributed by atoms with Gasteiger partial charge in [0.25, 0.3) is 0 Å². The highest BCUT2D eigenvalue weighted by atomic mass is 15.0. The fourth-order valence-electron chi connectivity index (χ4n) is 1.63. The van der Waals surface area contributed by atoms with Crippen molar-refractivity contribution in [2.45, 2.75) is 0 Å². The van der Waals surface area contributed by atoms with E-state index in [-0.39, 0.29) is 0 Å². The molecule has 4 N–H and O–H groups in total. The minimum atomic E-state index is 0.362. The second-order valence-electron chi connectivity index (χ2n) is 4.40. The Labute approximate surface area is 107 Å². The monoisotopic (exact) mass is 240 g/mol. The molecule has 0 amide bonds. The van der Waals surface area contributed by atoms with Crippen molar-refractivity contribution in [3.05, 3.63) is 30.0 Å². The van der Waals surface area contributed by atoms with Crippen LogP contribution in [0.1, 0.15) is 5.56 Å². The number of fused-ring (bicyclic) bond motifs is 1. The Balaban J connectivity index is 2.42. The molecular formula is C14H16N4. The molecule has 0 bridgehead atoms. The lowest BCUT2D eigenvalue weighted by Crippen LogP contribution is -2.10. The number of hydrogen-bond donors (Lipinski definition) is 2.